The summed E-state index contributed by atoms with van der Waals surface area (Å²) in [5.41, 5.74) is 7.32. The molecule has 4 nitrogen and oxygen atoms in total. The Bertz CT molecular complexity index is 1430. The molecule has 2 aromatic heterocycles. The van der Waals surface area contributed by atoms with Crippen LogP contribution in [0.25, 0.3) is 39.4 Å². The normalized spacial score (nSPS) is 12.0. The van der Waals surface area contributed by atoms with E-state index in [0.717, 1.165) is 33.7 Å². The van der Waals surface area contributed by atoms with E-state index in [1.54, 1.807) is 0 Å². The molecule has 0 radical (unpaired) electrons. The number of para-hydroxylation sites is 2. The van der Waals surface area contributed by atoms with Crippen LogP contribution in [-0.2, 0) is 5.41 Å². The van der Waals surface area contributed by atoms with Crippen molar-refractivity contribution < 1.29 is 0 Å². The fourth-order valence-electron chi connectivity index (χ4n) is 3.74. The average Bonchev–Trinajstić information content (AvgIpc) is 3.12. The maximum Gasteiger partial charge on any atom is 0.199 e. The molecule has 154 valence electrons. The number of rotatable bonds is 2. The van der Waals surface area contributed by atoms with Crippen LogP contribution in [0.15, 0.2) is 66.7 Å². The Kier molecular flexibility index (Phi) is 4.56. The summed E-state index contributed by atoms with van der Waals surface area (Å²) in [5.74, 6) is 0.797. The van der Waals surface area contributed by atoms with Crippen molar-refractivity contribution in [2.24, 2.45) is 0 Å². The van der Waals surface area contributed by atoms with Gasteiger partial charge in [-0.2, -0.15) is 0 Å². The lowest BCUT2D eigenvalue weighted by atomic mass is 9.87. The maximum atomic E-state index is 6.48. The van der Waals surface area contributed by atoms with Crippen molar-refractivity contribution in [2.75, 3.05) is 0 Å². The van der Waals surface area contributed by atoms with Crippen molar-refractivity contribution in [1.29, 1.82) is 0 Å². The van der Waals surface area contributed by atoms with Crippen LogP contribution in [-0.4, -0.2) is 19.5 Å². The van der Waals surface area contributed by atoms with Gasteiger partial charge in [-0.1, -0.05) is 74.8 Å². The summed E-state index contributed by atoms with van der Waals surface area (Å²) >= 11 is 6.48. The number of hydrogen-bond donors (Lipinski definition) is 0. The zero-order valence-corrected chi connectivity index (χ0v) is 18.8. The van der Waals surface area contributed by atoms with Crippen molar-refractivity contribution in [3.05, 3.63) is 82.9 Å². The van der Waals surface area contributed by atoms with Gasteiger partial charge >= 0.3 is 0 Å². The van der Waals surface area contributed by atoms with Crippen LogP contribution in [0.2, 0.25) is 5.02 Å². The van der Waals surface area contributed by atoms with Gasteiger partial charge in [0.05, 0.1) is 16.7 Å². The second-order valence-corrected chi connectivity index (χ2v) is 9.30. The van der Waals surface area contributed by atoms with Crippen LogP contribution in [0.3, 0.4) is 0 Å². The van der Waals surface area contributed by atoms with Crippen LogP contribution < -0.4 is 0 Å². The van der Waals surface area contributed by atoms with E-state index in [1.807, 2.05) is 54.0 Å². The van der Waals surface area contributed by atoms with E-state index in [9.17, 15) is 0 Å². The summed E-state index contributed by atoms with van der Waals surface area (Å²) in [6.45, 7) is 8.64. The summed E-state index contributed by atoms with van der Waals surface area (Å²) in [4.78, 5) is 14.6. The van der Waals surface area contributed by atoms with Crippen molar-refractivity contribution >= 4 is 33.9 Å². The van der Waals surface area contributed by atoms with Crippen molar-refractivity contribution in [2.45, 2.75) is 33.1 Å². The number of imidazole rings is 1. The lowest BCUT2D eigenvalue weighted by Crippen LogP contribution is -2.10. The molecule has 2 heterocycles. The van der Waals surface area contributed by atoms with Crippen LogP contribution in [0.4, 0.5) is 0 Å². The molecular formula is C26H23ClN4. The van der Waals surface area contributed by atoms with Gasteiger partial charge in [0.15, 0.2) is 11.3 Å². The van der Waals surface area contributed by atoms with Gasteiger partial charge in [-0.05, 0) is 47.7 Å². The minimum Gasteiger partial charge on any atom is -0.275 e. The number of aromatic nitrogens is 4. The topological polar surface area (TPSA) is 43.6 Å². The Hall–Kier alpha value is -3.24. The quantitative estimate of drug-likeness (QED) is 0.308. The Morgan fingerprint density at radius 2 is 1.48 bits per heavy atom. The number of benzene rings is 3. The molecule has 0 aliphatic rings. The highest BCUT2D eigenvalue weighted by atomic mass is 35.5. The Morgan fingerprint density at radius 1 is 0.806 bits per heavy atom. The van der Waals surface area contributed by atoms with E-state index in [-0.39, 0.29) is 5.41 Å². The number of aryl methyl sites for hydroxylation is 1. The monoisotopic (exact) mass is 426 g/mol. The molecule has 0 amide bonds. The van der Waals surface area contributed by atoms with Gasteiger partial charge < -0.3 is 0 Å². The molecule has 5 heteroatoms. The summed E-state index contributed by atoms with van der Waals surface area (Å²) in [6.07, 6.45) is 0. The van der Waals surface area contributed by atoms with Crippen LogP contribution in [0.1, 0.15) is 31.9 Å². The van der Waals surface area contributed by atoms with Gasteiger partial charge in [0.25, 0.3) is 0 Å². The molecule has 0 aliphatic carbocycles. The Labute approximate surface area is 186 Å². The molecule has 0 N–H and O–H groups in total. The minimum atomic E-state index is 0.0873. The molecule has 3 aromatic carbocycles. The maximum absolute atomic E-state index is 6.48. The number of halogens is 1. The molecule has 0 unspecified atom stereocenters. The molecule has 0 bridgehead atoms. The second kappa shape index (κ2) is 7.17. The summed E-state index contributed by atoms with van der Waals surface area (Å²) in [7, 11) is 0. The van der Waals surface area contributed by atoms with Crippen molar-refractivity contribution in [3.8, 4) is 17.1 Å². The third kappa shape index (κ3) is 3.47. The fraction of sp³-hybridized carbons (Fsp3) is 0.192. The van der Waals surface area contributed by atoms with E-state index in [4.69, 9.17) is 26.6 Å². The molecule has 0 atom stereocenters. The molecule has 31 heavy (non-hydrogen) atoms. The number of fused-ring (bicyclic) bond motifs is 2. The van der Waals surface area contributed by atoms with Crippen LogP contribution in [0, 0.1) is 6.92 Å². The smallest absolute Gasteiger partial charge is 0.199 e. The first-order valence-corrected chi connectivity index (χ1v) is 10.7. The summed E-state index contributed by atoms with van der Waals surface area (Å²) in [6, 6.07) is 22.5. The standard InChI is InChI=1S/C26H23ClN4/c1-16-9-14-19(15-20(16)27)31-24(17-10-12-18(13-11-17)26(2,3)4)30-23-25(31)29-22-8-6-5-7-21(22)28-23/h5-15H,1-4H3. The zero-order chi connectivity index (χ0) is 21.8. The largest absolute Gasteiger partial charge is 0.275 e. The van der Waals surface area contributed by atoms with Crippen LogP contribution in [0.5, 0.6) is 0 Å². The molecule has 5 rings (SSSR count). The van der Waals surface area contributed by atoms with Gasteiger partial charge in [-0.15, -0.1) is 0 Å². The number of hydrogen-bond acceptors (Lipinski definition) is 3. The predicted molar refractivity (Wildman–Crippen MR) is 128 cm³/mol. The molecule has 0 fully saturated rings. The van der Waals surface area contributed by atoms with Crippen molar-refractivity contribution in [1.82, 2.24) is 19.5 Å². The highest BCUT2D eigenvalue weighted by molar-refractivity contribution is 6.31. The number of nitrogens with zero attached hydrogens (tertiary/aromatic N) is 4. The zero-order valence-electron chi connectivity index (χ0n) is 18.0. The highest BCUT2D eigenvalue weighted by Gasteiger charge is 2.19. The summed E-state index contributed by atoms with van der Waals surface area (Å²) < 4.78 is 2.05. The van der Waals surface area contributed by atoms with Crippen molar-refractivity contribution in [3.63, 3.8) is 0 Å². The minimum absolute atomic E-state index is 0.0873. The lowest BCUT2D eigenvalue weighted by molar-refractivity contribution is 0.590. The third-order valence-corrected chi connectivity index (χ3v) is 6.00. The third-order valence-electron chi connectivity index (χ3n) is 5.59. The molecule has 0 saturated heterocycles. The van der Waals surface area contributed by atoms with Gasteiger partial charge in [0, 0.05) is 10.6 Å². The lowest BCUT2D eigenvalue weighted by Gasteiger charge is -2.19. The van der Waals surface area contributed by atoms with Gasteiger partial charge in [-0.25, -0.2) is 15.0 Å². The second-order valence-electron chi connectivity index (χ2n) is 8.89. The molecule has 5 aromatic rings. The Morgan fingerprint density at radius 3 is 2.13 bits per heavy atom. The van der Waals surface area contributed by atoms with Gasteiger partial charge in [-0.3, -0.25) is 4.57 Å². The first-order valence-electron chi connectivity index (χ1n) is 10.3. The molecule has 0 saturated carbocycles. The van der Waals surface area contributed by atoms with E-state index >= 15 is 0 Å². The van der Waals surface area contributed by atoms with E-state index in [1.165, 1.54) is 5.56 Å². The first kappa shape index (κ1) is 19.7. The molecule has 0 aliphatic heterocycles. The van der Waals surface area contributed by atoms with Gasteiger partial charge in [0.2, 0.25) is 0 Å². The predicted octanol–water partition coefficient (Wildman–Crippen LogP) is 6.90. The van der Waals surface area contributed by atoms with Crippen LogP contribution >= 0.6 is 11.6 Å². The summed E-state index contributed by atoms with van der Waals surface area (Å²) in [5, 5.41) is 0.710. The fourth-order valence-corrected chi connectivity index (χ4v) is 3.91. The van der Waals surface area contributed by atoms with E-state index in [2.05, 4.69) is 45.0 Å². The van der Waals surface area contributed by atoms with E-state index in [0.29, 0.717) is 16.3 Å². The van der Waals surface area contributed by atoms with Gasteiger partial charge in [0.1, 0.15) is 5.82 Å². The SMILES string of the molecule is Cc1ccc(-n2c(-c3ccc(C(C)(C)C)cc3)nc3nc4ccccc4nc32)cc1Cl. The molecule has 0 spiro atoms. The first-order chi connectivity index (χ1) is 14.8. The average molecular weight is 427 g/mol. The Balaban J connectivity index is 1.80. The van der Waals surface area contributed by atoms with E-state index < -0.39 is 0 Å². The molecular weight excluding hydrogens is 404 g/mol. The highest BCUT2D eigenvalue weighted by Crippen LogP contribution is 2.31.